The number of carbonyl (C=O) groups excluding carboxylic acids is 1. The smallest absolute Gasteiger partial charge is 0.150 e. The molecule has 0 bridgehead atoms. The van der Waals surface area contributed by atoms with E-state index in [0.717, 1.165) is 17.4 Å². The Balaban J connectivity index is 0.000000293. The quantitative estimate of drug-likeness (QED) is 0.178. The van der Waals surface area contributed by atoms with Crippen LogP contribution < -0.4 is 0 Å². The maximum absolute atomic E-state index is 10.7. The maximum atomic E-state index is 10.7. The van der Waals surface area contributed by atoms with Crippen LogP contribution in [0.2, 0.25) is 0 Å². The summed E-state index contributed by atoms with van der Waals surface area (Å²) in [5, 5.41) is 0. The third kappa shape index (κ3) is 6.03. The molecule has 0 aliphatic heterocycles. The molecule has 3 rings (SSSR count). The number of benzene rings is 1. The van der Waals surface area contributed by atoms with Gasteiger partial charge in [-0.05, 0) is 5.56 Å². The summed E-state index contributed by atoms with van der Waals surface area (Å²) in [6.45, 7) is 0. The summed E-state index contributed by atoms with van der Waals surface area (Å²) in [7, 11) is 0. The summed E-state index contributed by atoms with van der Waals surface area (Å²) < 4.78 is 1.31. The van der Waals surface area contributed by atoms with Crippen molar-refractivity contribution in [3.8, 4) is 11.8 Å². The molecule has 0 aliphatic rings. The van der Waals surface area contributed by atoms with Crippen molar-refractivity contribution in [1.82, 2.24) is 0 Å². The molecule has 0 atom stereocenters. The fourth-order valence-electron chi connectivity index (χ4n) is 1.66. The summed E-state index contributed by atoms with van der Waals surface area (Å²) in [4.78, 5) is 10.7. The molecule has 0 N–H and O–H groups in total. The topological polar surface area (TPSA) is 17.1 Å². The van der Waals surface area contributed by atoms with E-state index < -0.39 is 0 Å². The normalized spacial score (nSPS) is 8.59. The Morgan fingerprint density at radius 1 is 1.05 bits per heavy atom. The van der Waals surface area contributed by atoms with Gasteiger partial charge in [-0.2, -0.15) is 24.0 Å². The zero-order valence-electron chi connectivity index (χ0n) is 11.6. The van der Waals surface area contributed by atoms with E-state index in [4.69, 9.17) is 0 Å². The molecule has 0 amide bonds. The van der Waals surface area contributed by atoms with Crippen molar-refractivity contribution in [1.29, 1.82) is 0 Å². The largest absolute Gasteiger partial charge is 0.747 e. The molecule has 0 saturated heterocycles. The van der Waals surface area contributed by atoms with Crippen molar-refractivity contribution in [2.45, 2.75) is 0 Å². The zero-order chi connectivity index (χ0) is 14.9. The number of carbonyl (C=O) groups is 1. The summed E-state index contributed by atoms with van der Waals surface area (Å²) in [6, 6.07) is 23.3. The van der Waals surface area contributed by atoms with Crippen LogP contribution in [0.15, 0.2) is 72.8 Å². The van der Waals surface area contributed by atoms with Crippen molar-refractivity contribution >= 4 is 28.9 Å². The molecule has 22 heavy (non-hydrogen) atoms. The molecule has 0 radical (unpaired) electrons. The molecule has 0 saturated carbocycles. The molecular formula is C19H13FeIO-6. The maximum Gasteiger partial charge on any atom is 0.150 e. The van der Waals surface area contributed by atoms with Gasteiger partial charge in [-0.3, -0.25) is 4.79 Å². The molecule has 116 valence electrons. The van der Waals surface area contributed by atoms with Crippen LogP contribution in [0.5, 0.6) is 0 Å². The van der Waals surface area contributed by atoms with Gasteiger partial charge >= 0.3 is 0 Å². The second kappa shape index (κ2) is 10.2. The van der Waals surface area contributed by atoms with E-state index in [1.807, 2.05) is 54.6 Å². The number of rotatable bonds is 1. The standard InChI is InChI=1S/C14H9O.C5H4I.Fe/c15-11-14-8-4-3-7-13(14)10-9-12-5-1-2-6-12;6-5-3-1-2-4-5;/h1-8,11H;1-4H;/q-1;-5;. The second-order valence-electron chi connectivity index (χ2n) is 4.23. The Bertz CT molecular complexity index is 731. The third-order valence-electron chi connectivity index (χ3n) is 2.71. The zero-order valence-corrected chi connectivity index (χ0v) is 14.9. The average molecular weight is 440 g/mol. The van der Waals surface area contributed by atoms with Crippen molar-refractivity contribution in [2.24, 2.45) is 0 Å². The van der Waals surface area contributed by atoms with Crippen molar-refractivity contribution in [3.05, 3.63) is 93.1 Å². The number of hydrogen-bond donors (Lipinski definition) is 0. The van der Waals surface area contributed by atoms with E-state index in [1.165, 1.54) is 3.57 Å². The Kier molecular flexibility index (Phi) is 8.54. The fourth-order valence-corrected chi connectivity index (χ4v) is 2.08. The van der Waals surface area contributed by atoms with Gasteiger partial charge in [0.15, 0.2) is 0 Å². The Hall–Kier alpha value is -1.60. The first-order valence-corrected chi connectivity index (χ1v) is 7.52. The first kappa shape index (κ1) is 18.4. The summed E-state index contributed by atoms with van der Waals surface area (Å²) in [5.74, 6) is 5.99. The van der Waals surface area contributed by atoms with Crippen molar-refractivity contribution < 1.29 is 21.9 Å². The molecule has 0 unspecified atom stereocenters. The molecule has 0 aliphatic carbocycles. The first-order chi connectivity index (χ1) is 10.3. The van der Waals surface area contributed by atoms with Crippen LogP contribution >= 0.6 is 22.6 Å². The second-order valence-corrected chi connectivity index (χ2v) is 5.48. The SMILES string of the molecule is I[c-]1[cH-][cH-][cH-][cH-]1.O=Cc1ccccc1C#C[c-]1cccc1.[Fe]. The van der Waals surface area contributed by atoms with E-state index in [0.29, 0.717) is 5.56 Å². The van der Waals surface area contributed by atoms with Gasteiger partial charge in [0, 0.05) is 22.6 Å². The van der Waals surface area contributed by atoms with Crippen LogP contribution in [0.1, 0.15) is 21.5 Å². The molecule has 0 heterocycles. The van der Waals surface area contributed by atoms with Crippen molar-refractivity contribution in [3.63, 3.8) is 0 Å². The van der Waals surface area contributed by atoms with Gasteiger partial charge in [0.05, 0.1) is 0 Å². The van der Waals surface area contributed by atoms with Gasteiger partial charge < -0.3 is 50.4 Å². The van der Waals surface area contributed by atoms with Crippen LogP contribution in [0.4, 0.5) is 0 Å². The van der Waals surface area contributed by atoms with Gasteiger partial charge in [0.25, 0.3) is 0 Å². The van der Waals surface area contributed by atoms with Crippen LogP contribution in [-0.2, 0) is 17.1 Å². The predicted molar refractivity (Wildman–Crippen MR) is 94.6 cm³/mol. The molecule has 0 aromatic heterocycles. The van der Waals surface area contributed by atoms with Crippen LogP contribution in [0, 0.1) is 15.4 Å². The van der Waals surface area contributed by atoms with Crippen LogP contribution in [0.3, 0.4) is 0 Å². The van der Waals surface area contributed by atoms with Crippen molar-refractivity contribution in [2.75, 3.05) is 0 Å². The fraction of sp³-hybridized carbons (Fsp3) is 0. The Labute approximate surface area is 155 Å². The molecule has 0 spiro atoms. The van der Waals surface area contributed by atoms with Crippen LogP contribution in [-0.4, -0.2) is 6.29 Å². The average Bonchev–Trinajstić information content (AvgIpc) is 3.19. The Morgan fingerprint density at radius 3 is 2.23 bits per heavy atom. The molecule has 3 heteroatoms. The number of hydrogen-bond acceptors (Lipinski definition) is 1. The minimum atomic E-state index is 0. The minimum absolute atomic E-state index is 0. The van der Waals surface area contributed by atoms with Gasteiger partial charge in [-0.1, -0.05) is 29.8 Å². The molecule has 1 nitrogen and oxygen atoms in total. The predicted octanol–water partition coefficient (Wildman–Crippen LogP) is 4.63. The Morgan fingerprint density at radius 2 is 1.68 bits per heavy atom. The van der Waals surface area contributed by atoms with Gasteiger partial charge in [-0.25, -0.2) is 0 Å². The summed E-state index contributed by atoms with van der Waals surface area (Å²) in [5.41, 5.74) is 2.38. The van der Waals surface area contributed by atoms with E-state index in [9.17, 15) is 4.79 Å². The molecule has 3 aromatic rings. The molecule has 3 aromatic carbocycles. The van der Waals surface area contributed by atoms with E-state index >= 15 is 0 Å². The van der Waals surface area contributed by atoms with E-state index in [1.54, 1.807) is 6.07 Å². The van der Waals surface area contributed by atoms with Gasteiger partial charge in [0.1, 0.15) is 6.29 Å². The molecular weight excluding hydrogens is 427 g/mol. The van der Waals surface area contributed by atoms with E-state index in [2.05, 4.69) is 46.6 Å². The molecule has 0 fully saturated rings. The number of halogens is 1. The van der Waals surface area contributed by atoms with Gasteiger partial charge in [0.2, 0.25) is 0 Å². The van der Waals surface area contributed by atoms with E-state index in [-0.39, 0.29) is 17.1 Å². The minimum Gasteiger partial charge on any atom is -0.747 e. The summed E-state index contributed by atoms with van der Waals surface area (Å²) >= 11 is 2.28. The third-order valence-corrected chi connectivity index (χ3v) is 3.43. The number of aldehydes is 1. The van der Waals surface area contributed by atoms with Gasteiger partial charge in [-0.15, -0.1) is 12.1 Å². The van der Waals surface area contributed by atoms with Crippen LogP contribution in [0.25, 0.3) is 0 Å². The summed E-state index contributed by atoms with van der Waals surface area (Å²) in [6.07, 6.45) is 0.828. The first-order valence-electron chi connectivity index (χ1n) is 6.45. The monoisotopic (exact) mass is 440 g/mol.